The molecule has 0 aliphatic rings. The predicted octanol–water partition coefficient (Wildman–Crippen LogP) is 11.4. The van der Waals surface area contributed by atoms with Crippen LogP contribution in [0.2, 0.25) is 0 Å². The minimum Gasteiger partial charge on any atom is -0.310 e. The van der Waals surface area contributed by atoms with Crippen molar-refractivity contribution in [2.45, 2.75) is 0 Å². The summed E-state index contributed by atoms with van der Waals surface area (Å²) in [6, 6.07) is 56.3. The molecule has 4 heteroatoms. The summed E-state index contributed by atoms with van der Waals surface area (Å²) < 4.78 is 14.2. The molecule has 0 atom stereocenters. The van der Waals surface area contributed by atoms with E-state index in [0.29, 0.717) is 0 Å². The average molecular weight is 594 g/mol. The monoisotopic (exact) mass is 593 g/mol. The van der Waals surface area contributed by atoms with Crippen LogP contribution in [0.15, 0.2) is 170 Å². The van der Waals surface area contributed by atoms with Gasteiger partial charge < -0.3 is 4.90 Å². The summed E-state index contributed by atoms with van der Waals surface area (Å²) in [6.45, 7) is 0. The fourth-order valence-electron chi connectivity index (χ4n) is 6.06. The molecule has 8 aromatic rings. The highest BCUT2D eigenvalue weighted by Gasteiger charge is 2.16. The lowest BCUT2D eigenvalue weighted by Crippen LogP contribution is -2.09. The number of anilines is 3. The van der Waals surface area contributed by atoms with E-state index in [1.54, 1.807) is 12.1 Å². The van der Waals surface area contributed by atoms with Gasteiger partial charge in [0.1, 0.15) is 5.82 Å². The third-order valence-corrected chi connectivity index (χ3v) is 8.28. The van der Waals surface area contributed by atoms with E-state index in [0.717, 1.165) is 72.5 Å². The molecule has 0 aliphatic carbocycles. The molecule has 7 aromatic carbocycles. The molecule has 0 bridgehead atoms. The molecule has 46 heavy (non-hydrogen) atoms. The van der Waals surface area contributed by atoms with Crippen molar-refractivity contribution in [3.8, 4) is 33.6 Å². The van der Waals surface area contributed by atoms with Crippen LogP contribution in [0.5, 0.6) is 0 Å². The van der Waals surface area contributed by atoms with Crippen LogP contribution < -0.4 is 4.90 Å². The first-order valence-corrected chi connectivity index (χ1v) is 15.3. The largest absolute Gasteiger partial charge is 0.310 e. The van der Waals surface area contributed by atoms with E-state index in [9.17, 15) is 4.39 Å². The summed E-state index contributed by atoms with van der Waals surface area (Å²) in [5.41, 5.74) is 10.4. The quantitative estimate of drug-likeness (QED) is 0.180. The second-order valence-electron chi connectivity index (χ2n) is 11.2. The molecule has 0 N–H and O–H groups in total. The van der Waals surface area contributed by atoms with Crippen molar-refractivity contribution in [3.05, 3.63) is 176 Å². The number of halogens is 1. The predicted molar refractivity (Wildman–Crippen MR) is 188 cm³/mol. The van der Waals surface area contributed by atoms with Crippen molar-refractivity contribution >= 4 is 38.9 Å². The highest BCUT2D eigenvalue weighted by atomic mass is 19.1. The molecule has 0 unspecified atom stereocenters. The van der Waals surface area contributed by atoms with Crippen molar-refractivity contribution in [1.29, 1.82) is 0 Å². The van der Waals surface area contributed by atoms with Crippen LogP contribution in [-0.4, -0.2) is 9.97 Å². The van der Waals surface area contributed by atoms with E-state index in [2.05, 4.69) is 83.8 Å². The van der Waals surface area contributed by atoms with Crippen molar-refractivity contribution in [1.82, 2.24) is 9.97 Å². The third kappa shape index (κ3) is 5.16. The Bertz CT molecular complexity index is 2300. The Balaban J connectivity index is 1.20. The Labute approximate surface area is 266 Å². The summed E-state index contributed by atoms with van der Waals surface area (Å²) in [4.78, 5) is 12.5. The fraction of sp³-hybridized carbons (Fsp3) is 0. The average Bonchev–Trinajstić information content (AvgIpc) is 3.12. The molecule has 1 aromatic heterocycles. The molecule has 1 heterocycles. The van der Waals surface area contributed by atoms with Gasteiger partial charge in [-0.3, -0.25) is 0 Å². The smallest absolute Gasteiger partial charge is 0.125 e. The van der Waals surface area contributed by atoms with Gasteiger partial charge in [-0.05, 0) is 71.1 Å². The van der Waals surface area contributed by atoms with Crippen LogP contribution in [0.4, 0.5) is 21.5 Å². The van der Waals surface area contributed by atoms with Crippen molar-refractivity contribution in [2.75, 3.05) is 4.90 Å². The lowest BCUT2D eigenvalue weighted by molar-refractivity contribution is 0.628. The maximum absolute atomic E-state index is 14.2. The van der Waals surface area contributed by atoms with Crippen molar-refractivity contribution in [2.24, 2.45) is 0 Å². The highest BCUT2D eigenvalue weighted by molar-refractivity contribution is 6.06. The van der Waals surface area contributed by atoms with Gasteiger partial charge in [-0.25, -0.2) is 14.4 Å². The van der Waals surface area contributed by atoms with Gasteiger partial charge in [0.2, 0.25) is 0 Å². The summed E-state index contributed by atoms with van der Waals surface area (Å²) in [5.74, 6) is -0.268. The summed E-state index contributed by atoms with van der Waals surface area (Å²) >= 11 is 0. The van der Waals surface area contributed by atoms with E-state index >= 15 is 0 Å². The van der Waals surface area contributed by atoms with E-state index in [1.165, 1.54) is 6.07 Å². The number of nitrogens with zero attached hydrogens (tertiary/aromatic N) is 3. The molecule has 0 radical (unpaired) electrons. The van der Waals surface area contributed by atoms with E-state index < -0.39 is 0 Å². The van der Waals surface area contributed by atoms with E-state index in [-0.39, 0.29) is 5.82 Å². The van der Waals surface area contributed by atoms with Crippen LogP contribution in [0.3, 0.4) is 0 Å². The van der Waals surface area contributed by atoms with Crippen molar-refractivity contribution < 1.29 is 4.39 Å². The first kappa shape index (κ1) is 27.4. The Kier molecular flexibility index (Phi) is 7.01. The first-order valence-electron chi connectivity index (χ1n) is 15.3. The molecule has 0 spiro atoms. The van der Waals surface area contributed by atoms with Crippen LogP contribution in [0.1, 0.15) is 0 Å². The highest BCUT2D eigenvalue weighted by Crippen LogP contribution is 2.37. The van der Waals surface area contributed by atoms with E-state index in [4.69, 9.17) is 9.97 Å². The number of para-hydroxylation sites is 1. The topological polar surface area (TPSA) is 29.0 Å². The van der Waals surface area contributed by atoms with Crippen molar-refractivity contribution in [3.63, 3.8) is 0 Å². The number of benzene rings is 7. The van der Waals surface area contributed by atoms with Gasteiger partial charge >= 0.3 is 0 Å². The van der Waals surface area contributed by atoms with E-state index in [1.807, 2.05) is 72.8 Å². The number of hydrogen-bond acceptors (Lipinski definition) is 3. The Morgan fingerprint density at radius 2 is 1.00 bits per heavy atom. The maximum atomic E-state index is 14.2. The standard InChI is InChI=1S/C42H28FN3/c43-34-15-10-18-37(28-34)46(35-16-8-3-9-17-35)36-23-19-29(20-24-36)32-21-25-38-33(27-32)22-26-39-42(38)45-41(31-13-6-2-7-14-31)40(44-39)30-11-4-1-5-12-30/h1-28H. The zero-order valence-electron chi connectivity index (χ0n) is 24.9. The minimum absolute atomic E-state index is 0.268. The zero-order chi connectivity index (χ0) is 30.9. The van der Waals surface area contributed by atoms with Gasteiger partial charge in [0.15, 0.2) is 0 Å². The number of hydrogen-bond donors (Lipinski definition) is 0. The number of fused-ring (bicyclic) bond motifs is 3. The Morgan fingerprint density at radius 3 is 1.67 bits per heavy atom. The fourth-order valence-corrected chi connectivity index (χ4v) is 6.06. The molecule has 0 saturated heterocycles. The van der Waals surface area contributed by atoms with Gasteiger partial charge in [-0.15, -0.1) is 0 Å². The van der Waals surface area contributed by atoms with Gasteiger partial charge in [0.05, 0.1) is 22.4 Å². The molecule has 8 rings (SSSR count). The van der Waals surface area contributed by atoms with Crippen LogP contribution in [-0.2, 0) is 0 Å². The summed E-state index contributed by atoms with van der Waals surface area (Å²) in [6.07, 6.45) is 0. The van der Waals surface area contributed by atoms with Crippen LogP contribution >= 0.6 is 0 Å². The molecule has 3 nitrogen and oxygen atoms in total. The summed E-state index contributed by atoms with van der Waals surface area (Å²) in [5, 5.41) is 2.16. The maximum Gasteiger partial charge on any atom is 0.125 e. The molecule has 218 valence electrons. The normalized spacial score (nSPS) is 11.2. The van der Waals surface area contributed by atoms with Gasteiger partial charge in [-0.1, -0.05) is 115 Å². The molecule has 0 fully saturated rings. The third-order valence-electron chi connectivity index (χ3n) is 8.28. The van der Waals surface area contributed by atoms with Gasteiger partial charge in [-0.2, -0.15) is 0 Å². The van der Waals surface area contributed by atoms with Gasteiger partial charge in [0, 0.05) is 33.6 Å². The molecular formula is C42H28FN3. The minimum atomic E-state index is -0.268. The van der Waals surface area contributed by atoms with Crippen LogP contribution in [0, 0.1) is 5.82 Å². The molecule has 0 amide bonds. The Hall–Kier alpha value is -6.13. The molecule has 0 saturated carbocycles. The number of aromatic nitrogens is 2. The molecule has 0 aliphatic heterocycles. The lowest BCUT2D eigenvalue weighted by atomic mass is 9.99. The van der Waals surface area contributed by atoms with Crippen LogP contribution in [0.25, 0.3) is 55.4 Å². The summed E-state index contributed by atoms with van der Waals surface area (Å²) in [7, 11) is 0. The van der Waals surface area contributed by atoms with Gasteiger partial charge in [0.25, 0.3) is 0 Å². The second-order valence-corrected chi connectivity index (χ2v) is 11.2. The SMILES string of the molecule is Fc1cccc(N(c2ccccc2)c2ccc(-c3ccc4c(ccc5nc(-c6ccccc6)c(-c6ccccc6)nc54)c3)cc2)c1. The second kappa shape index (κ2) is 11.8. The number of rotatable bonds is 6. The Morgan fingerprint density at radius 1 is 0.413 bits per heavy atom. The molecular weight excluding hydrogens is 565 g/mol. The first-order chi connectivity index (χ1) is 22.7. The zero-order valence-corrected chi connectivity index (χ0v) is 24.9. The lowest BCUT2D eigenvalue weighted by Gasteiger charge is -2.25.